The number of hydrogen-bond donors (Lipinski definition) is 2. The second-order valence-corrected chi connectivity index (χ2v) is 4.95. The Labute approximate surface area is 112 Å². The van der Waals surface area contributed by atoms with Gasteiger partial charge in [0.05, 0.1) is 4.88 Å². The second kappa shape index (κ2) is 4.52. The molecule has 0 amide bonds. The summed E-state index contributed by atoms with van der Waals surface area (Å²) >= 11 is 1.27. The fourth-order valence-electron chi connectivity index (χ4n) is 1.83. The minimum Gasteiger partial charge on any atom is -0.476 e. The summed E-state index contributed by atoms with van der Waals surface area (Å²) in [6, 6.07) is 5.29. The van der Waals surface area contributed by atoms with Crippen molar-refractivity contribution in [3.05, 3.63) is 28.9 Å². The number of aromatic nitrogens is 1. The first-order chi connectivity index (χ1) is 9.19. The number of carboxylic acids is 1. The lowest BCUT2D eigenvalue weighted by molar-refractivity contribution is 0.0692. The second-order valence-electron chi connectivity index (χ2n) is 3.86. The summed E-state index contributed by atoms with van der Waals surface area (Å²) in [5.41, 5.74) is 6.26. The predicted octanol–water partition coefficient (Wildman–Crippen LogP) is 1.70. The zero-order chi connectivity index (χ0) is 13.4. The third-order valence-electron chi connectivity index (χ3n) is 2.68. The fourth-order valence-corrected chi connectivity index (χ4v) is 2.76. The van der Waals surface area contributed by atoms with Gasteiger partial charge >= 0.3 is 5.97 Å². The normalized spacial score (nSPS) is 12.7. The molecule has 1 aromatic heterocycles. The molecule has 2 aromatic rings. The molecule has 0 unspecified atom stereocenters. The predicted molar refractivity (Wildman–Crippen MR) is 68.5 cm³/mol. The maximum atomic E-state index is 11.2. The van der Waals surface area contributed by atoms with Gasteiger partial charge in [0.15, 0.2) is 17.2 Å². The Kier molecular flexibility index (Phi) is 2.84. The molecule has 2 heterocycles. The highest BCUT2D eigenvalue weighted by Gasteiger charge is 2.21. The number of ether oxygens (including phenoxy) is 2. The quantitative estimate of drug-likeness (QED) is 0.887. The molecule has 1 aromatic carbocycles. The van der Waals surface area contributed by atoms with Gasteiger partial charge in [0.1, 0.15) is 5.01 Å². The van der Waals surface area contributed by atoms with Crippen molar-refractivity contribution in [2.75, 3.05) is 6.79 Å². The molecule has 0 saturated carbocycles. The molecule has 0 spiro atoms. The van der Waals surface area contributed by atoms with Crippen LogP contribution in [0.3, 0.4) is 0 Å². The van der Waals surface area contributed by atoms with Crippen LogP contribution in [0.15, 0.2) is 18.2 Å². The lowest BCUT2D eigenvalue weighted by atomic mass is 10.1. The standard InChI is InChI=1S/C12H10N2O4S/c13-4-9-14-10(12(15)16)11(19-9)6-1-2-7-8(3-6)18-5-17-7/h1-3H,4-5,13H2,(H,15,16). The molecular formula is C12H10N2O4S. The molecule has 0 saturated heterocycles. The average Bonchev–Trinajstić information content (AvgIpc) is 3.04. The largest absolute Gasteiger partial charge is 0.476 e. The maximum absolute atomic E-state index is 11.2. The first-order valence-electron chi connectivity index (χ1n) is 5.52. The average molecular weight is 278 g/mol. The van der Waals surface area contributed by atoms with E-state index in [9.17, 15) is 9.90 Å². The van der Waals surface area contributed by atoms with Crippen LogP contribution >= 0.6 is 11.3 Å². The van der Waals surface area contributed by atoms with Crippen molar-refractivity contribution in [3.63, 3.8) is 0 Å². The van der Waals surface area contributed by atoms with Crippen LogP contribution in [0.25, 0.3) is 10.4 Å². The minimum atomic E-state index is -1.07. The van der Waals surface area contributed by atoms with Crippen molar-refractivity contribution in [2.24, 2.45) is 5.73 Å². The number of rotatable bonds is 3. The Morgan fingerprint density at radius 2 is 2.21 bits per heavy atom. The van der Waals surface area contributed by atoms with Crippen LogP contribution in [0.2, 0.25) is 0 Å². The van der Waals surface area contributed by atoms with E-state index in [1.807, 2.05) is 0 Å². The molecule has 0 atom stereocenters. The van der Waals surface area contributed by atoms with Crippen LogP contribution in [0.1, 0.15) is 15.5 Å². The summed E-state index contributed by atoms with van der Waals surface area (Å²) in [5.74, 6) is 0.198. The van der Waals surface area contributed by atoms with Gasteiger partial charge < -0.3 is 20.3 Å². The number of carbonyl (C=O) groups is 1. The number of carboxylic acid groups (broad SMARTS) is 1. The van der Waals surface area contributed by atoms with Crippen LogP contribution in [0, 0.1) is 0 Å². The van der Waals surface area contributed by atoms with E-state index < -0.39 is 5.97 Å². The summed E-state index contributed by atoms with van der Waals surface area (Å²) in [7, 11) is 0. The van der Waals surface area contributed by atoms with Gasteiger partial charge in [-0.3, -0.25) is 0 Å². The SMILES string of the molecule is NCc1nc(C(=O)O)c(-c2ccc3c(c2)OCO3)s1. The van der Waals surface area contributed by atoms with Gasteiger partial charge in [-0.05, 0) is 23.8 Å². The van der Waals surface area contributed by atoms with Gasteiger partial charge in [0.2, 0.25) is 6.79 Å². The Bertz CT molecular complexity index is 653. The van der Waals surface area contributed by atoms with Crippen LogP contribution < -0.4 is 15.2 Å². The van der Waals surface area contributed by atoms with E-state index in [0.717, 1.165) is 5.56 Å². The molecule has 0 fully saturated rings. The van der Waals surface area contributed by atoms with E-state index >= 15 is 0 Å². The van der Waals surface area contributed by atoms with Gasteiger partial charge in [-0.25, -0.2) is 9.78 Å². The van der Waals surface area contributed by atoms with E-state index in [0.29, 0.717) is 21.4 Å². The Morgan fingerprint density at radius 3 is 2.95 bits per heavy atom. The highest BCUT2D eigenvalue weighted by Crippen LogP contribution is 2.38. The summed E-state index contributed by atoms with van der Waals surface area (Å²) in [6.07, 6.45) is 0. The van der Waals surface area contributed by atoms with Crippen molar-refractivity contribution in [1.29, 1.82) is 0 Å². The molecule has 0 bridgehead atoms. The van der Waals surface area contributed by atoms with Crippen LogP contribution in [-0.2, 0) is 6.54 Å². The first kappa shape index (κ1) is 11.9. The van der Waals surface area contributed by atoms with Crippen molar-refractivity contribution in [1.82, 2.24) is 4.98 Å². The lowest BCUT2D eigenvalue weighted by Crippen LogP contribution is -2.01. The molecule has 1 aliphatic heterocycles. The molecule has 3 N–H and O–H groups in total. The van der Waals surface area contributed by atoms with E-state index in [4.69, 9.17) is 15.2 Å². The van der Waals surface area contributed by atoms with Gasteiger partial charge in [0, 0.05) is 6.54 Å². The Hall–Kier alpha value is -2.12. The highest BCUT2D eigenvalue weighted by atomic mass is 32.1. The number of nitrogens with zero attached hydrogens (tertiary/aromatic N) is 1. The van der Waals surface area contributed by atoms with E-state index in [1.165, 1.54) is 11.3 Å². The van der Waals surface area contributed by atoms with Gasteiger partial charge in [-0.2, -0.15) is 0 Å². The first-order valence-corrected chi connectivity index (χ1v) is 6.34. The highest BCUT2D eigenvalue weighted by molar-refractivity contribution is 7.15. The summed E-state index contributed by atoms with van der Waals surface area (Å²) in [6.45, 7) is 0.400. The van der Waals surface area contributed by atoms with Crippen molar-refractivity contribution in [2.45, 2.75) is 6.54 Å². The fraction of sp³-hybridized carbons (Fsp3) is 0.167. The molecule has 19 heavy (non-hydrogen) atoms. The zero-order valence-electron chi connectivity index (χ0n) is 9.75. The summed E-state index contributed by atoms with van der Waals surface area (Å²) in [5, 5.41) is 9.76. The number of thiazole rings is 1. The van der Waals surface area contributed by atoms with Crippen molar-refractivity contribution in [3.8, 4) is 21.9 Å². The number of nitrogens with two attached hydrogens (primary N) is 1. The monoisotopic (exact) mass is 278 g/mol. The summed E-state index contributed by atoms with van der Waals surface area (Å²) < 4.78 is 10.5. The number of benzene rings is 1. The maximum Gasteiger partial charge on any atom is 0.356 e. The molecule has 1 aliphatic rings. The molecule has 3 rings (SSSR count). The topological polar surface area (TPSA) is 94.7 Å². The molecule has 0 aliphatic carbocycles. The smallest absolute Gasteiger partial charge is 0.356 e. The Balaban J connectivity index is 2.10. The third-order valence-corrected chi connectivity index (χ3v) is 3.81. The molecular weight excluding hydrogens is 268 g/mol. The van der Waals surface area contributed by atoms with Crippen LogP contribution in [-0.4, -0.2) is 22.9 Å². The van der Waals surface area contributed by atoms with Crippen molar-refractivity contribution < 1.29 is 19.4 Å². The summed E-state index contributed by atoms with van der Waals surface area (Å²) in [4.78, 5) is 15.8. The van der Waals surface area contributed by atoms with Gasteiger partial charge in [0.25, 0.3) is 0 Å². The lowest BCUT2D eigenvalue weighted by Gasteiger charge is -2.01. The van der Waals surface area contributed by atoms with E-state index in [2.05, 4.69) is 4.98 Å². The Morgan fingerprint density at radius 1 is 1.42 bits per heavy atom. The molecule has 98 valence electrons. The van der Waals surface area contributed by atoms with Crippen LogP contribution in [0.5, 0.6) is 11.5 Å². The number of hydrogen-bond acceptors (Lipinski definition) is 6. The van der Waals surface area contributed by atoms with E-state index in [1.54, 1.807) is 18.2 Å². The number of fused-ring (bicyclic) bond motifs is 1. The van der Waals surface area contributed by atoms with Crippen molar-refractivity contribution >= 4 is 17.3 Å². The number of aromatic carboxylic acids is 1. The van der Waals surface area contributed by atoms with Crippen LogP contribution in [0.4, 0.5) is 0 Å². The zero-order valence-corrected chi connectivity index (χ0v) is 10.6. The molecule has 7 heteroatoms. The van der Waals surface area contributed by atoms with Gasteiger partial charge in [-0.15, -0.1) is 11.3 Å². The van der Waals surface area contributed by atoms with Gasteiger partial charge in [-0.1, -0.05) is 0 Å². The molecule has 0 radical (unpaired) electrons. The van der Waals surface area contributed by atoms with E-state index in [-0.39, 0.29) is 19.0 Å². The third kappa shape index (κ3) is 2.02. The molecule has 6 nitrogen and oxygen atoms in total. The minimum absolute atomic E-state index is 0.0179.